The Morgan fingerprint density at radius 2 is 0.467 bits per heavy atom. The Bertz CT molecular complexity index is 1620. The van der Waals surface area contributed by atoms with Crippen LogP contribution >= 0.6 is 0 Å². The fraction of sp³-hybridized carbons (Fsp3) is 0. The number of fused-ring (bicyclic) bond motifs is 4. The monoisotopic (exact) mass is 378 g/mol. The number of hydrogen-bond acceptors (Lipinski definition) is 0. The molecule has 2 aliphatic rings. The van der Waals surface area contributed by atoms with E-state index in [1.165, 1.54) is 64.0 Å². The number of rotatable bonds is 0. The second-order valence-corrected chi connectivity index (χ2v) is 8.34. The van der Waals surface area contributed by atoms with Crippen molar-refractivity contribution in [3.8, 4) is 0 Å². The molecule has 8 bridgehead atoms. The molecule has 0 N–H and O–H groups in total. The van der Waals surface area contributed by atoms with E-state index in [0.717, 1.165) is 0 Å². The summed E-state index contributed by atoms with van der Waals surface area (Å²) in [5, 5.41) is 15.4. The van der Waals surface area contributed by atoms with Crippen molar-refractivity contribution < 1.29 is 0 Å². The summed E-state index contributed by atoms with van der Waals surface area (Å²) in [7, 11) is 0. The van der Waals surface area contributed by atoms with Crippen molar-refractivity contribution in [1.82, 2.24) is 0 Å². The smallest absolute Gasteiger partial charge is 0.0105 e. The number of hydrogen-bond donors (Lipinski definition) is 0. The first-order valence-electron chi connectivity index (χ1n) is 10.4. The molecule has 0 saturated carbocycles. The maximum absolute atomic E-state index is 2.31. The lowest BCUT2D eigenvalue weighted by atomic mass is 10.1. The second-order valence-electron chi connectivity index (χ2n) is 8.34. The van der Waals surface area contributed by atoms with Gasteiger partial charge in [-0.1, -0.05) is 72.8 Å². The average molecular weight is 378 g/mol. The predicted octanol–water partition coefficient (Wildman–Crippen LogP) is 7.75. The summed E-state index contributed by atoms with van der Waals surface area (Å²) < 4.78 is 0. The Morgan fingerprint density at radius 3 is 0.733 bits per heavy atom. The highest BCUT2D eigenvalue weighted by atomic mass is 14.1. The van der Waals surface area contributed by atoms with Gasteiger partial charge in [-0.05, 0) is 100 Å². The topological polar surface area (TPSA) is 0 Å². The largest absolute Gasteiger partial charge is 0.0544 e. The average Bonchev–Trinajstić information content (AvgIpc) is 3.31. The SMILES string of the molecule is c1cc2ccc3ccc4c(c3)cc3cc(ccc3=4)ccc3ccc4c(c3)cc(c2)c1=4. The van der Waals surface area contributed by atoms with Crippen LogP contribution < -0.4 is 0 Å². The Labute approximate surface area is 173 Å². The normalized spacial score (nSPS) is 12.0. The zero-order valence-corrected chi connectivity index (χ0v) is 16.4. The maximum atomic E-state index is 2.31. The molecule has 0 amide bonds. The zero-order valence-electron chi connectivity index (χ0n) is 16.4. The third kappa shape index (κ3) is 2.34. The van der Waals surface area contributed by atoms with Crippen LogP contribution in [0.1, 0.15) is 0 Å². The van der Waals surface area contributed by atoms with Gasteiger partial charge in [0.25, 0.3) is 0 Å². The van der Waals surface area contributed by atoms with Gasteiger partial charge in [-0.2, -0.15) is 0 Å². The van der Waals surface area contributed by atoms with Gasteiger partial charge in [0.1, 0.15) is 0 Å². The van der Waals surface area contributed by atoms with Crippen LogP contribution in [0.3, 0.4) is 0 Å². The van der Waals surface area contributed by atoms with Gasteiger partial charge in [-0.15, -0.1) is 0 Å². The van der Waals surface area contributed by atoms with Crippen molar-refractivity contribution >= 4 is 43.1 Å². The third-order valence-corrected chi connectivity index (χ3v) is 6.44. The van der Waals surface area contributed by atoms with Gasteiger partial charge in [-0.25, -0.2) is 0 Å². The van der Waals surface area contributed by atoms with Gasteiger partial charge in [0, 0.05) is 0 Å². The minimum absolute atomic E-state index is 1.23. The first-order valence-corrected chi connectivity index (χ1v) is 10.4. The molecule has 5 aromatic rings. The lowest BCUT2D eigenvalue weighted by Gasteiger charge is -1.93. The lowest BCUT2D eigenvalue weighted by molar-refractivity contribution is 1.62. The summed E-state index contributed by atoms with van der Waals surface area (Å²) in [6.07, 6.45) is 0. The van der Waals surface area contributed by atoms with Crippen molar-refractivity contribution in [2.75, 3.05) is 0 Å². The Hall–Kier alpha value is -3.90. The van der Waals surface area contributed by atoms with Gasteiger partial charge in [0.05, 0.1) is 0 Å². The van der Waals surface area contributed by atoms with Crippen LogP contribution in [0.15, 0.2) is 109 Å². The molecule has 0 atom stereocenters. The quantitative estimate of drug-likeness (QED) is 0.253. The summed E-state index contributed by atoms with van der Waals surface area (Å²) in [6.45, 7) is 0. The molecule has 0 spiro atoms. The van der Waals surface area contributed by atoms with Crippen LogP contribution in [0.2, 0.25) is 0 Å². The highest BCUT2D eigenvalue weighted by Gasteiger charge is 2.02. The summed E-state index contributed by atoms with van der Waals surface area (Å²) in [6, 6.07) is 40.6. The fourth-order valence-electron chi connectivity index (χ4n) is 4.92. The van der Waals surface area contributed by atoms with E-state index < -0.39 is 0 Å². The van der Waals surface area contributed by atoms with E-state index in [4.69, 9.17) is 0 Å². The van der Waals surface area contributed by atoms with Gasteiger partial charge < -0.3 is 0 Å². The van der Waals surface area contributed by atoms with E-state index in [1.54, 1.807) is 0 Å². The van der Waals surface area contributed by atoms with E-state index in [1.807, 2.05) is 0 Å². The molecule has 0 fully saturated rings. The minimum Gasteiger partial charge on any atom is -0.0544 e. The van der Waals surface area contributed by atoms with Gasteiger partial charge in [0.2, 0.25) is 0 Å². The minimum atomic E-state index is 1.23. The third-order valence-electron chi connectivity index (χ3n) is 6.44. The Balaban J connectivity index is 1.68. The van der Waals surface area contributed by atoms with Crippen molar-refractivity contribution in [2.45, 2.75) is 0 Å². The fourth-order valence-corrected chi connectivity index (χ4v) is 4.92. The standard InChI is InChI=1S/C30H18/c1-2-20-6-10-28-24(14-20)18-26-16-22(8-12-30(26)28)4-3-21-7-11-29-25(15-21)17-23-13-19(1)5-9-27(23)29/h1-18H. The molecule has 0 heterocycles. The molecule has 0 radical (unpaired) electrons. The molecular formula is C30H18. The summed E-state index contributed by atoms with van der Waals surface area (Å²) in [4.78, 5) is 0. The molecule has 30 heavy (non-hydrogen) atoms. The summed E-state index contributed by atoms with van der Waals surface area (Å²) in [5.41, 5.74) is 0. The summed E-state index contributed by atoms with van der Waals surface area (Å²) >= 11 is 0. The number of benzene rings is 4. The maximum Gasteiger partial charge on any atom is -0.0105 e. The summed E-state index contributed by atoms with van der Waals surface area (Å²) in [5.74, 6) is 0. The molecule has 0 saturated heterocycles. The van der Waals surface area contributed by atoms with Crippen LogP contribution in [0, 0.1) is 20.9 Å². The van der Waals surface area contributed by atoms with Gasteiger partial charge in [-0.3, -0.25) is 0 Å². The van der Waals surface area contributed by atoms with E-state index in [-0.39, 0.29) is 0 Å². The zero-order chi connectivity index (χ0) is 19.7. The Morgan fingerprint density at radius 1 is 0.233 bits per heavy atom. The predicted molar refractivity (Wildman–Crippen MR) is 127 cm³/mol. The van der Waals surface area contributed by atoms with E-state index in [9.17, 15) is 0 Å². The molecular weight excluding hydrogens is 360 g/mol. The first-order chi connectivity index (χ1) is 14.8. The van der Waals surface area contributed by atoms with Crippen LogP contribution in [0.25, 0.3) is 43.1 Å². The molecule has 0 aliphatic heterocycles. The van der Waals surface area contributed by atoms with E-state index in [2.05, 4.69) is 109 Å². The van der Waals surface area contributed by atoms with Gasteiger partial charge >= 0.3 is 0 Å². The van der Waals surface area contributed by atoms with Crippen LogP contribution in [-0.2, 0) is 0 Å². The van der Waals surface area contributed by atoms with Crippen LogP contribution in [-0.4, -0.2) is 0 Å². The molecule has 138 valence electrons. The molecule has 0 unspecified atom stereocenters. The molecule has 0 aromatic heterocycles. The molecule has 7 rings (SSSR count). The van der Waals surface area contributed by atoms with Crippen LogP contribution in [0.4, 0.5) is 0 Å². The molecule has 0 nitrogen and oxygen atoms in total. The molecule has 0 heteroatoms. The van der Waals surface area contributed by atoms with Crippen molar-refractivity contribution in [1.29, 1.82) is 0 Å². The molecule has 2 aliphatic carbocycles. The van der Waals surface area contributed by atoms with Crippen molar-refractivity contribution in [2.24, 2.45) is 0 Å². The Kier molecular flexibility index (Phi) is 3.09. The first kappa shape index (κ1) is 16.0. The van der Waals surface area contributed by atoms with E-state index in [0.29, 0.717) is 0 Å². The lowest BCUT2D eigenvalue weighted by Crippen LogP contribution is -1.72. The highest BCUT2D eigenvalue weighted by Crippen LogP contribution is 2.24. The highest BCUT2D eigenvalue weighted by molar-refractivity contribution is 5.83. The van der Waals surface area contributed by atoms with Crippen molar-refractivity contribution in [3.05, 3.63) is 130 Å². The second kappa shape index (κ2) is 5.81. The van der Waals surface area contributed by atoms with E-state index >= 15 is 0 Å². The van der Waals surface area contributed by atoms with Gasteiger partial charge in [0.15, 0.2) is 0 Å². The van der Waals surface area contributed by atoms with Crippen molar-refractivity contribution in [3.63, 3.8) is 0 Å². The molecule has 5 aromatic carbocycles. The van der Waals surface area contributed by atoms with Crippen LogP contribution in [0.5, 0.6) is 0 Å².